The molecule has 0 saturated heterocycles. The lowest BCUT2D eigenvalue weighted by molar-refractivity contribution is -0.668. The van der Waals surface area contributed by atoms with E-state index in [2.05, 4.69) is 4.57 Å². The van der Waals surface area contributed by atoms with Crippen LogP contribution in [0, 0.1) is 0 Å². The Morgan fingerprint density at radius 2 is 1.44 bits per heavy atom. The van der Waals surface area contributed by atoms with E-state index in [1.807, 2.05) is 47.4 Å². The van der Waals surface area contributed by atoms with Gasteiger partial charge in [0.25, 0.3) is 25.2 Å². The number of benzene rings is 5. The molecule has 0 aliphatic carbocycles. The lowest BCUT2D eigenvalue weighted by atomic mass is 10.1. The maximum absolute atomic E-state index is 12.0. The standard InChI is InChI=1S/C35H27ClN2O9S3/c36-24-14-15-27-26(21-24)37(17-19-45-28-9-3-5-11-31(28)49(39,40)41)33(47-27)22-34-38(18-20-46-29-10-4-6-12-32(29)50(42,43)44)35-25-8-2-1-7-23(25)13-16-30(35)48-34/h1-16,21-22H,17-20H2,(H-,39,40,41,42,43,44)/p+1. The van der Waals surface area contributed by atoms with Crippen LogP contribution in [0.15, 0.2) is 119 Å². The van der Waals surface area contributed by atoms with Gasteiger partial charge in [0.15, 0.2) is 12.3 Å². The van der Waals surface area contributed by atoms with Gasteiger partial charge < -0.3 is 19.1 Å². The molecule has 0 unspecified atom stereocenters. The number of thiazole rings is 1. The monoisotopic (exact) mass is 751 g/mol. The van der Waals surface area contributed by atoms with Crippen LogP contribution in [-0.4, -0.2) is 45.7 Å². The van der Waals surface area contributed by atoms with Gasteiger partial charge >= 0.3 is 0 Å². The van der Waals surface area contributed by atoms with Crippen LogP contribution in [0.5, 0.6) is 17.2 Å². The molecule has 1 aliphatic heterocycles. The lowest BCUT2D eigenvalue weighted by Crippen LogP contribution is -2.38. The molecule has 6 aromatic rings. The summed E-state index contributed by atoms with van der Waals surface area (Å²) in [5.41, 5.74) is 1.63. The number of hydrogen-bond acceptors (Lipinski definition) is 9. The fraction of sp³-hybridized carbons (Fsp3) is 0.114. The summed E-state index contributed by atoms with van der Waals surface area (Å²) in [7, 11) is -9.00. The molecule has 7 rings (SSSR count). The molecule has 0 saturated carbocycles. The minimum absolute atomic E-state index is 0.0109. The summed E-state index contributed by atoms with van der Waals surface area (Å²) in [6.07, 6.45) is 1.88. The highest BCUT2D eigenvalue weighted by atomic mass is 35.5. The summed E-state index contributed by atoms with van der Waals surface area (Å²) in [5, 5.41) is 3.32. The minimum Gasteiger partial charge on any atom is -0.490 e. The molecule has 50 heavy (non-hydrogen) atoms. The molecule has 2 N–H and O–H groups in total. The first kappa shape index (κ1) is 33.8. The van der Waals surface area contributed by atoms with Gasteiger partial charge in [-0.3, -0.25) is 9.11 Å². The maximum Gasteiger partial charge on any atom is 0.298 e. The smallest absolute Gasteiger partial charge is 0.298 e. The molecule has 5 aromatic carbocycles. The largest absolute Gasteiger partial charge is 0.490 e. The Hall–Kier alpha value is -4.70. The number of nitrogens with zero attached hydrogens (tertiary/aromatic N) is 2. The Balaban J connectivity index is 1.25. The number of halogens is 1. The third-order valence-corrected chi connectivity index (χ3v) is 11.1. The summed E-state index contributed by atoms with van der Waals surface area (Å²) in [6.45, 7) is 0.630. The molecule has 0 spiro atoms. The van der Waals surface area contributed by atoms with Gasteiger partial charge in [-0.05, 0) is 60.0 Å². The van der Waals surface area contributed by atoms with Gasteiger partial charge in [-0.2, -0.15) is 21.4 Å². The number of para-hydroxylation sites is 2. The highest BCUT2D eigenvalue weighted by molar-refractivity contribution is 7.86. The summed E-state index contributed by atoms with van der Waals surface area (Å²) in [6, 6.07) is 29.0. The van der Waals surface area contributed by atoms with E-state index in [1.54, 1.807) is 30.3 Å². The van der Waals surface area contributed by atoms with Crippen LogP contribution in [0.25, 0.3) is 27.1 Å². The van der Waals surface area contributed by atoms with Crippen molar-refractivity contribution in [3.05, 3.63) is 119 Å². The number of ether oxygens (including phenoxy) is 3. The van der Waals surface area contributed by atoms with E-state index < -0.39 is 20.2 Å². The Morgan fingerprint density at radius 3 is 2.14 bits per heavy atom. The zero-order valence-electron chi connectivity index (χ0n) is 26.0. The molecule has 0 radical (unpaired) electrons. The van der Waals surface area contributed by atoms with Gasteiger partial charge in [-0.25, -0.2) is 0 Å². The Bertz CT molecular complexity index is 2520. The molecule has 1 aliphatic rings. The maximum atomic E-state index is 12.0. The normalized spacial score (nSPS) is 13.9. The van der Waals surface area contributed by atoms with E-state index in [1.165, 1.54) is 47.7 Å². The molecule has 11 nitrogen and oxygen atoms in total. The van der Waals surface area contributed by atoms with E-state index in [-0.39, 0.29) is 41.0 Å². The van der Waals surface area contributed by atoms with Gasteiger partial charge in [-0.15, -0.1) is 0 Å². The first-order valence-corrected chi connectivity index (χ1v) is 19.2. The highest BCUT2D eigenvalue weighted by Crippen LogP contribution is 2.42. The summed E-state index contributed by atoms with van der Waals surface area (Å²) in [5.74, 6) is 1.06. The van der Waals surface area contributed by atoms with Crippen LogP contribution in [0.1, 0.15) is 5.01 Å². The third-order valence-electron chi connectivity index (χ3n) is 7.95. The van der Waals surface area contributed by atoms with Gasteiger partial charge in [0.05, 0.1) is 23.7 Å². The average Bonchev–Trinajstić information content (AvgIpc) is 3.61. The molecular formula is C35H28ClN2O9S3+. The van der Waals surface area contributed by atoms with Crippen LogP contribution in [0.4, 0.5) is 5.69 Å². The molecule has 1 aromatic heterocycles. The van der Waals surface area contributed by atoms with Crippen LogP contribution >= 0.6 is 22.9 Å². The third kappa shape index (κ3) is 6.86. The second kappa shape index (κ2) is 13.5. The fourth-order valence-electron chi connectivity index (χ4n) is 5.78. The van der Waals surface area contributed by atoms with E-state index in [0.717, 1.165) is 26.0 Å². The Kier molecular flexibility index (Phi) is 9.15. The SMILES string of the molecule is O=S(=O)(O)c1ccccc1OCCN1C(=Cc2sc3ccc4ccccc4c3[n+]2CCOc2ccccc2S(=O)(=O)O)Oc2ccc(Cl)cc21. The van der Waals surface area contributed by atoms with Crippen molar-refractivity contribution in [3.8, 4) is 17.2 Å². The number of anilines is 1. The molecule has 15 heteroatoms. The van der Waals surface area contributed by atoms with Crippen molar-refractivity contribution in [1.82, 2.24) is 0 Å². The summed E-state index contributed by atoms with van der Waals surface area (Å²) in [4.78, 5) is 1.21. The number of rotatable bonds is 11. The summed E-state index contributed by atoms with van der Waals surface area (Å²) < 4.78 is 88.3. The van der Waals surface area contributed by atoms with Crippen molar-refractivity contribution in [2.24, 2.45) is 0 Å². The average molecular weight is 752 g/mol. The molecule has 0 atom stereocenters. The number of hydrogen-bond donors (Lipinski definition) is 2. The van der Waals surface area contributed by atoms with Crippen molar-refractivity contribution >= 4 is 75.9 Å². The molecular weight excluding hydrogens is 724 g/mol. The van der Waals surface area contributed by atoms with Crippen LogP contribution in [0.2, 0.25) is 5.02 Å². The molecule has 0 amide bonds. The van der Waals surface area contributed by atoms with Crippen molar-refractivity contribution < 1.29 is 44.7 Å². The molecule has 0 fully saturated rings. The Labute approximate surface area is 296 Å². The van der Waals surface area contributed by atoms with Crippen LogP contribution in [0.3, 0.4) is 0 Å². The van der Waals surface area contributed by atoms with E-state index in [9.17, 15) is 25.9 Å². The highest BCUT2D eigenvalue weighted by Gasteiger charge is 2.30. The zero-order valence-corrected chi connectivity index (χ0v) is 29.2. The predicted molar refractivity (Wildman–Crippen MR) is 190 cm³/mol. The van der Waals surface area contributed by atoms with E-state index in [0.29, 0.717) is 28.9 Å². The molecule has 256 valence electrons. The van der Waals surface area contributed by atoms with E-state index in [4.69, 9.17) is 25.8 Å². The molecule has 2 heterocycles. The second-order valence-corrected chi connectivity index (χ2v) is 15.4. The van der Waals surface area contributed by atoms with Gasteiger partial charge in [-0.1, -0.05) is 71.5 Å². The predicted octanol–water partition coefficient (Wildman–Crippen LogP) is 6.84. The Morgan fingerprint density at radius 1 is 0.800 bits per heavy atom. The van der Waals surface area contributed by atoms with Crippen LogP contribution < -0.4 is 23.7 Å². The minimum atomic E-state index is -4.50. The number of aromatic nitrogens is 1. The molecule has 0 bridgehead atoms. The van der Waals surface area contributed by atoms with E-state index >= 15 is 0 Å². The quantitative estimate of drug-likeness (QED) is 0.107. The lowest BCUT2D eigenvalue weighted by Gasteiger charge is -2.19. The van der Waals surface area contributed by atoms with Crippen molar-refractivity contribution in [3.63, 3.8) is 0 Å². The first-order chi connectivity index (χ1) is 24.0. The second-order valence-electron chi connectivity index (χ2n) is 11.1. The van der Waals surface area contributed by atoms with Crippen molar-refractivity contribution in [2.45, 2.75) is 16.3 Å². The number of fused-ring (bicyclic) bond motifs is 4. The fourth-order valence-corrected chi connectivity index (χ4v) is 8.34. The van der Waals surface area contributed by atoms with Crippen molar-refractivity contribution in [2.75, 3.05) is 24.7 Å². The zero-order chi connectivity index (χ0) is 35.0. The van der Waals surface area contributed by atoms with Gasteiger partial charge in [0.1, 0.15) is 39.2 Å². The van der Waals surface area contributed by atoms with Gasteiger partial charge in [0.2, 0.25) is 11.4 Å². The first-order valence-electron chi connectivity index (χ1n) is 15.2. The van der Waals surface area contributed by atoms with Crippen LogP contribution in [-0.2, 0) is 26.8 Å². The summed E-state index contributed by atoms with van der Waals surface area (Å²) >= 11 is 7.91. The van der Waals surface area contributed by atoms with Crippen molar-refractivity contribution in [1.29, 1.82) is 0 Å². The van der Waals surface area contributed by atoms with Gasteiger partial charge in [0, 0.05) is 5.02 Å². The topological polar surface area (TPSA) is 144 Å².